The number of para-hydroxylation sites is 8. The van der Waals surface area contributed by atoms with Crippen molar-refractivity contribution in [2.75, 3.05) is 0 Å². The van der Waals surface area contributed by atoms with Gasteiger partial charge in [0.2, 0.25) is 0 Å². The molecule has 2 N–H and O–H groups in total. The van der Waals surface area contributed by atoms with Crippen molar-refractivity contribution in [2.45, 2.75) is 0 Å². The third-order valence-electron chi connectivity index (χ3n) is 22.2. The Morgan fingerprint density at radius 3 is 0.570 bits per heavy atom. The highest BCUT2D eigenvalue weighted by Gasteiger charge is 2.27. The Labute approximate surface area is 732 Å². The molecule has 0 spiro atoms. The number of nitrogens with zero attached hydrogens (tertiary/aromatic N) is 11. The molecule has 0 radical (unpaired) electrons. The van der Waals surface area contributed by atoms with Crippen LogP contribution in [0.3, 0.4) is 0 Å². The number of aromatic amines is 2. The second-order valence-corrected chi connectivity index (χ2v) is 30.2. The van der Waals surface area contributed by atoms with Crippen LogP contribution in [0.5, 0.6) is 0 Å². The molecule has 0 bridgehead atoms. The Morgan fingerprint density at radius 2 is 0.336 bits per heavy atom. The average molecular weight is 1660 g/mol. The van der Waals surface area contributed by atoms with Crippen LogP contribution in [-0.2, 0) is 0 Å². The van der Waals surface area contributed by atoms with E-state index in [-0.39, 0.29) is 22.8 Å². The van der Waals surface area contributed by atoms with Gasteiger partial charge in [-0.15, -0.1) is 0 Å². The minimum Gasteiger partial charge on any atom is -0.355 e. The molecule has 0 unspecified atom stereocenters. The first-order valence-electron chi connectivity index (χ1n) is 41.7. The van der Waals surface area contributed by atoms with Crippen molar-refractivity contribution in [2.24, 2.45) is 0 Å². The van der Waals surface area contributed by atoms with E-state index in [1.54, 1.807) is 0 Å². The van der Waals surface area contributed by atoms with Crippen molar-refractivity contribution in [3.05, 3.63) is 454 Å². The molecule has 610 valence electrons. The van der Waals surface area contributed by atoms with E-state index in [9.17, 15) is 17.6 Å². The summed E-state index contributed by atoms with van der Waals surface area (Å²) in [4.78, 5) is 48.7. The molecular weight excluding hydrogens is 1590 g/mol. The van der Waals surface area contributed by atoms with Gasteiger partial charge in [-0.05, 0) is 84.9 Å². The van der Waals surface area contributed by atoms with Gasteiger partial charge in [-0.2, -0.15) is 0 Å². The van der Waals surface area contributed by atoms with Gasteiger partial charge < -0.3 is 19.1 Å². The Hall–Kier alpha value is -17.3. The highest BCUT2D eigenvalue weighted by Crippen LogP contribution is 2.43. The molecule has 17 aromatic carbocycles. The Kier molecular flexibility index (Phi) is 22.0. The third kappa shape index (κ3) is 16.0. The summed E-state index contributed by atoms with van der Waals surface area (Å²) in [5, 5.41) is 10.0. The van der Waals surface area contributed by atoms with E-state index in [0.29, 0.717) is 40.8 Å². The Bertz CT molecular complexity index is 7300. The lowest BCUT2D eigenvalue weighted by atomic mass is 10.1. The first-order chi connectivity index (χ1) is 63.2. The largest absolute Gasteiger partial charge is 0.355 e. The van der Waals surface area contributed by atoms with Gasteiger partial charge in [0.05, 0.1) is 50.1 Å². The van der Waals surface area contributed by atoms with Crippen LogP contribution in [0.1, 0.15) is 0 Å². The second-order valence-electron chi connectivity index (χ2n) is 30.2. The van der Waals surface area contributed by atoms with Crippen LogP contribution >= 0.6 is 0 Å². The fourth-order valence-electron chi connectivity index (χ4n) is 16.3. The van der Waals surface area contributed by atoms with Gasteiger partial charge in [0.1, 0.15) is 23.3 Å². The van der Waals surface area contributed by atoms with Crippen molar-refractivity contribution in [3.63, 3.8) is 0 Å². The van der Waals surface area contributed by atoms with E-state index in [1.807, 2.05) is 158 Å². The summed E-state index contributed by atoms with van der Waals surface area (Å²) in [7, 11) is 0. The minimum absolute atomic E-state index is 0.0340. The molecule has 7 aromatic heterocycles. The van der Waals surface area contributed by atoms with Crippen LogP contribution in [0.2, 0.25) is 0 Å². The Balaban J connectivity index is 0.000000111. The molecule has 0 aliphatic heterocycles. The Morgan fingerprint density at radius 1 is 0.156 bits per heavy atom. The normalized spacial score (nSPS) is 11.1. The number of hydrogen-bond acceptors (Lipinski definition) is 9. The van der Waals surface area contributed by atoms with Crippen molar-refractivity contribution < 1.29 is 17.6 Å². The van der Waals surface area contributed by atoms with Crippen LogP contribution in [0, 0.1) is 23.3 Å². The fraction of sp³-hybridized carbons (Fsp3) is 0. The summed E-state index contributed by atoms with van der Waals surface area (Å²) in [6, 6.07) is 139. The topological polar surface area (TPSA) is 157 Å². The van der Waals surface area contributed by atoms with Gasteiger partial charge in [0.25, 0.3) is 0 Å². The number of halogens is 4. The lowest BCUT2D eigenvalue weighted by Crippen LogP contribution is -2.07. The number of nitrogens with one attached hydrogen (secondary N) is 2. The molecule has 0 atom stereocenters. The first kappa shape index (κ1) is 79.2. The number of fused-ring (bicyclic) bond motifs is 12. The maximum absolute atomic E-state index is 14.3. The molecule has 0 fully saturated rings. The zero-order valence-corrected chi connectivity index (χ0v) is 68.4. The third-order valence-corrected chi connectivity index (χ3v) is 22.2. The molecule has 24 aromatic rings. The molecule has 0 amide bonds. The van der Waals surface area contributed by atoms with Crippen LogP contribution in [0.4, 0.5) is 17.6 Å². The van der Waals surface area contributed by atoms with Crippen molar-refractivity contribution >= 4 is 87.2 Å². The second kappa shape index (κ2) is 35.6. The predicted octanol–water partition coefficient (Wildman–Crippen LogP) is 28.0. The van der Waals surface area contributed by atoms with Gasteiger partial charge in [-0.3, -0.25) is 0 Å². The van der Waals surface area contributed by atoms with E-state index in [0.717, 1.165) is 72.4 Å². The van der Waals surface area contributed by atoms with Crippen LogP contribution < -0.4 is 0 Å². The lowest BCUT2D eigenvalue weighted by molar-refractivity contribution is 0.586. The zero-order valence-electron chi connectivity index (χ0n) is 68.4. The quantitative estimate of drug-likeness (QED) is 0.120. The fourth-order valence-corrected chi connectivity index (χ4v) is 16.3. The summed E-state index contributed by atoms with van der Waals surface area (Å²) in [5.41, 5.74) is 16.5. The number of hydrogen-bond donors (Lipinski definition) is 2. The maximum Gasteiger partial charge on any atom is 0.170 e. The minimum atomic E-state index is -0.714. The number of H-pyrrole nitrogens is 2. The number of rotatable bonds is 11. The van der Waals surface area contributed by atoms with Gasteiger partial charge in [-0.25, -0.2) is 62.4 Å². The molecule has 0 saturated carbocycles. The van der Waals surface area contributed by atoms with Crippen LogP contribution in [-0.4, -0.2) is 64.0 Å². The SMILES string of the molecule is Fc1cccc(F)c1-c1nc(-c2ccccc2)nc(-c2ccccc2)n1.Fc1cccc(F)c1-c1nc(-c2ccccc2)nc(-c2ccccc2)n1.c1ccc(-c2nc(-c3ccccc3)nc(-c3c(-n4c5ccccc5c5ccccc54)cccc3-n3c4ccccc4c4ccccc43)n2)cc1.c1ccc2c(c1)[nH]c1ccccc12.c1ccc2c(c1)[nH]c1ccccc12. The van der Waals surface area contributed by atoms with Crippen LogP contribution in [0.25, 0.3) is 201 Å². The summed E-state index contributed by atoms with van der Waals surface area (Å²) < 4.78 is 61.8. The molecule has 0 saturated heterocycles. The predicted molar refractivity (Wildman–Crippen MR) is 509 cm³/mol. The highest BCUT2D eigenvalue weighted by molar-refractivity contribution is 6.13. The van der Waals surface area contributed by atoms with Crippen molar-refractivity contribution in [3.8, 4) is 114 Å². The molecule has 17 heteroatoms. The van der Waals surface area contributed by atoms with E-state index in [1.165, 1.54) is 102 Å². The van der Waals surface area contributed by atoms with E-state index >= 15 is 0 Å². The average Bonchev–Trinajstić information content (AvgIpc) is 1.57. The van der Waals surface area contributed by atoms with E-state index in [2.05, 4.69) is 286 Å². The summed E-state index contributed by atoms with van der Waals surface area (Å²) in [5.74, 6) is 0.364. The smallest absolute Gasteiger partial charge is 0.170 e. The number of benzene rings is 17. The summed E-state index contributed by atoms with van der Waals surface area (Å²) in [6.45, 7) is 0. The lowest BCUT2D eigenvalue weighted by Gasteiger charge is -2.19. The molecule has 7 heterocycles. The van der Waals surface area contributed by atoms with Gasteiger partial charge in [0, 0.05) is 98.5 Å². The van der Waals surface area contributed by atoms with Crippen molar-refractivity contribution in [1.82, 2.24) is 64.0 Å². The molecule has 13 nitrogen and oxygen atoms in total. The van der Waals surface area contributed by atoms with Crippen molar-refractivity contribution in [1.29, 1.82) is 0 Å². The van der Waals surface area contributed by atoms with Gasteiger partial charge in [-0.1, -0.05) is 346 Å². The maximum atomic E-state index is 14.3. The van der Waals surface area contributed by atoms with Gasteiger partial charge in [0.15, 0.2) is 52.4 Å². The monoisotopic (exact) mass is 1660 g/mol. The molecule has 0 aliphatic rings. The van der Waals surface area contributed by atoms with E-state index in [4.69, 9.17) is 15.0 Å². The molecular formula is C111H73F4N13. The molecule has 0 aliphatic carbocycles. The van der Waals surface area contributed by atoms with E-state index < -0.39 is 23.3 Å². The first-order valence-corrected chi connectivity index (χ1v) is 41.7. The van der Waals surface area contributed by atoms with Gasteiger partial charge >= 0.3 is 0 Å². The standard InChI is InChI=1S/C45H29N5.2C21H13F2N3.2C12H9N/c1-3-16-30(17-4-1)43-46-44(31-18-5-2-6-19-31)48-45(47-43)42-40(49-36-24-11-7-20-32(36)33-21-8-12-25-37(33)49)28-15-29-41(42)50-38-26-13-9-22-34(38)35-23-10-14-27-39(35)50;2*22-16-12-7-13-17(23)18(16)21-25-19(14-8-3-1-4-9-14)24-20(26-21)15-10-5-2-6-11-15;2*1-3-7-11-9(5-1)10-6-2-4-8-12(10)13-11/h1-29H;2*1-13H;2*1-8,13H. The zero-order chi connectivity index (χ0) is 86.2. The number of aromatic nitrogens is 13. The summed E-state index contributed by atoms with van der Waals surface area (Å²) >= 11 is 0. The molecule has 128 heavy (non-hydrogen) atoms. The van der Waals surface area contributed by atoms with Crippen LogP contribution in [0.15, 0.2) is 431 Å². The molecule has 24 rings (SSSR count). The summed E-state index contributed by atoms with van der Waals surface area (Å²) in [6.07, 6.45) is 0. The highest BCUT2D eigenvalue weighted by atomic mass is 19.1.